The molecule has 15 heavy (non-hydrogen) atoms. The second-order valence-corrected chi connectivity index (χ2v) is 3.93. The molecule has 80 valence electrons. The van der Waals surface area contributed by atoms with Crippen molar-refractivity contribution in [3.8, 4) is 5.75 Å². The Bertz CT molecular complexity index is 342. The van der Waals surface area contributed by atoms with E-state index >= 15 is 0 Å². The Kier molecular flexibility index (Phi) is 3.07. The highest BCUT2D eigenvalue weighted by molar-refractivity contribution is 5.30. The van der Waals surface area contributed by atoms with Crippen molar-refractivity contribution in [3.63, 3.8) is 0 Å². The number of ether oxygens (including phenoxy) is 1. The topological polar surface area (TPSA) is 29.5 Å². The molecule has 1 aliphatic rings. The summed E-state index contributed by atoms with van der Waals surface area (Å²) in [6.07, 6.45) is 4.53. The van der Waals surface area contributed by atoms with Gasteiger partial charge in [-0.2, -0.15) is 0 Å². The number of hydrogen-bond acceptors (Lipinski definition) is 2. The fourth-order valence-electron chi connectivity index (χ4n) is 1.47. The molecule has 0 radical (unpaired) electrons. The number of aliphatic hydroxyl groups excluding tert-OH is 1. The summed E-state index contributed by atoms with van der Waals surface area (Å²) in [5.41, 5.74) is 0.896. The van der Waals surface area contributed by atoms with Crippen LogP contribution in [0.15, 0.2) is 36.9 Å². The summed E-state index contributed by atoms with van der Waals surface area (Å²) in [4.78, 5) is 0. The van der Waals surface area contributed by atoms with Gasteiger partial charge in [0.15, 0.2) is 0 Å². The van der Waals surface area contributed by atoms with Crippen LogP contribution in [0.5, 0.6) is 5.75 Å². The standard InChI is InChI=1S/C13H16O2/c1-2-4-13(14)10-5-3-6-12(9-10)15-11-7-8-11/h2-3,5-6,9,11,13-14H,1,4,7-8H2. The van der Waals surface area contributed by atoms with Crippen molar-refractivity contribution in [1.29, 1.82) is 0 Å². The molecule has 0 aliphatic heterocycles. The monoisotopic (exact) mass is 204 g/mol. The van der Waals surface area contributed by atoms with Crippen LogP contribution in [0.25, 0.3) is 0 Å². The third-order valence-electron chi connectivity index (χ3n) is 2.46. The minimum atomic E-state index is -0.467. The minimum Gasteiger partial charge on any atom is -0.490 e. The number of rotatable bonds is 5. The number of aliphatic hydroxyl groups is 1. The van der Waals surface area contributed by atoms with Crippen LogP contribution in [0.4, 0.5) is 0 Å². The van der Waals surface area contributed by atoms with Crippen LogP contribution < -0.4 is 4.74 Å². The Hall–Kier alpha value is -1.28. The van der Waals surface area contributed by atoms with Crippen LogP contribution in [0, 0.1) is 0 Å². The normalized spacial score (nSPS) is 17.1. The van der Waals surface area contributed by atoms with E-state index in [0.29, 0.717) is 12.5 Å². The molecule has 0 heterocycles. The van der Waals surface area contributed by atoms with Crippen LogP contribution in [-0.2, 0) is 0 Å². The quantitative estimate of drug-likeness (QED) is 0.747. The average Bonchev–Trinajstić information content (AvgIpc) is 3.03. The Balaban J connectivity index is 2.06. The van der Waals surface area contributed by atoms with Gasteiger partial charge in [-0.15, -0.1) is 6.58 Å². The fraction of sp³-hybridized carbons (Fsp3) is 0.385. The maximum absolute atomic E-state index is 9.77. The molecule has 2 rings (SSSR count). The van der Waals surface area contributed by atoms with Crippen LogP contribution in [0.3, 0.4) is 0 Å². The smallest absolute Gasteiger partial charge is 0.120 e. The molecule has 1 N–H and O–H groups in total. The summed E-state index contributed by atoms with van der Waals surface area (Å²) in [6.45, 7) is 3.62. The lowest BCUT2D eigenvalue weighted by Crippen LogP contribution is -1.99. The predicted molar refractivity (Wildman–Crippen MR) is 59.9 cm³/mol. The van der Waals surface area contributed by atoms with Crippen molar-refractivity contribution in [2.24, 2.45) is 0 Å². The lowest BCUT2D eigenvalue weighted by Gasteiger charge is -2.10. The predicted octanol–water partition coefficient (Wildman–Crippen LogP) is 2.84. The van der Waals surface area contributed by atoms with Gasteiger partial charge in [0.2, 0.25) is 0 Å². The van der Waals surface area contributed by atoms with Gasteiger partial charge in [0.1, 0.15) is 5.75 Å². The van der Waals surface area contributed by atoms with E-state index < -0.39 is 6.10 Å². The Labute approximate surface area is 90.2 Å². The highest BCUT2D eigenvalue weighted by Gasteiger charge is 2.23. The van der Waals surface area contributed by atoms with E-state index in [0.717, 1.165) is 24.2 Å². The first-order chi connectivity index (χ1) is 7.29. The van der Waals surface area contributed by atoms with Gasteiger partial charge in [-0.25, -0.2) is 0 Å². The maximum Gasteiger partial charge on any atom is 0.120 e. The lowest BCUT2D eigenvalue weighted by molar-refractivity contribution is 0.181. The van der Waals surface area contributed by atoms with E-state index in [4.69, 9.17) is 4.74 Å². The van der Waals surface area contributed by atoms with Gasteiger partial charge in [-0.05, 0) is 37.0 Å². The van der Waals surface area contributed by atoms with E-state index in [1.54, 1.807) is 6.08 Å². The van der Waals surface area contributed by atoms with Gasteiger partial charge in [0, 0.05) is 0 Å². The van der Waals surface area contributed by atoms with Gasteiger partial charge >= 0.3 is 0 Å². The highest BCUT2D eigenvalue weighted by atomic mass is 16.5. The van der Waals surface area contributed by atoms with Crippen molar-refractivity contribution >= 4 is 0 Å². The lowest BCUT2D eigenvalue weighted by atomic mass is 10.1. The zero-order valence-corrected chi connectivity index (χ0v) is 8.73. The summed E-state index contributed by atoms with van der Waals surface area (Å²) in [5, 5.41) is 9.77. The molecule has 1 aliphatic carbocycles. The van der Waals surface area contributed by atoms with E-state index in [2.05, 4.69) is 6.58 Å². The molecule has 2 nitrogen and oxygen atoms in total. The molecule has 0 spiro atoms. The summed E-state index contributed by atoms with van der Waals surface area (Å²) in [5.74, 6) is 0.859. The molecule has 1 fully saturated rings. The van der Waals surface area contributed by atoms with Crippen molar-refractivity contribution in [3.05, 3.63) is 42.5 Å². The number of hydrogen-bond donors (Lipinski definition) is 1. The van der Waals surface area contributed by atoms with Crippen molar-refractivity contribution < 1.29 is 9.84 Å². The third kappa shape index (κ3) is 2.83. The van der Waals surface area contributed by atoms with Crippen molar-refractivity contribution in [2.45, 2.75) is 31.5 Å². The molecule has 0 saturated heterocycles. The van der Waals surface area contributed by atoms with E-state index in [-0.39, 0.29) is 0 Å². The molecule has 1 aromatic rings. The molecule has 0 aromatic heterocycles. The van der Waals surface area contributed by atoms with Gasteiger partial charge in [0.05, 0.1) is 12.2 Å². The summed E-state index contributed by atoms with van der Waals surface area (Å²) >= 11 is 0. The zero-order chi connectivity index (χ0) is 10.7. The largest absolute Gasteiger partial charge is 0.490 e. The van der Waals surface area contributed by atoms with Crippen molar-refractivity contribution in [2.75, 3.05) is 0 Å². The van der Waals surface area contributed by atoms with Crippen LogP contribution in [0.2, 0.25) is 0 Å². The summed E-state index contributed by atoms with van der Waals surface area (Å²) < 4.78 is 5.66. The molecule has 0 amide bonds. The molecule has 1 aromatic carbocycles. The summed E-state index contributed by atoms with van der Waals surface area (Å²) in [6, 6.07) is 7.67. The average molecular weight is 204 g/mol. The zero-order valence-electron chi connectivity index (χ0n) is 8.73. The first-order valence-electron chi connectivity index (χ1n) is 5.35. The Morgan fingerprint density at radius 2 is 2.33 bits per heavy atom. The Morgan fingerprint density at radius 3 is 3.00 bits per heavy atom. The van der Waals surface area contributed by atoms with E-state index in [9.17, 15) is 5.11 Å². The fourth-order valence-corrected chi connectivity index (χ4v) is 1.47. The Morgan fingerprint density at radius 1 is 1.53 bits per heavy atom. The van der Waals surface area contributed by atoms with Gasteiger partial charge in [0.25, 0.3) is 0 Å². The van der Waals surface area contributed by atoms with E-state index in [1.165, 1.54) is 0 Å². The van der Waals surface area contributed by atoms with Gasteiger partial charge in [-0.1, -0.05) is 18.2 Å². The van der Waals surface area contributed by atoms with Crippen LogP contribution in [0.1, 0.15) is 30.9 Å². The highest BCUT2D eigenvalue weighted by Crippen LogP contribution is 2.28. The van der Waals surface area contributed by atoms with E-state index in [1.807, 2.05) is 24.3 Å². The van der Waals surface area contributed by atoms with Crippen LogP contribution in [-0.4, -0.2) is 11.2 Å². The van der Waals surface area contributed by atoms with Gasteiger partial charge in [-0.3, -0.25) is 0 Å². The molecule has 0 bridgehead atoms. The third-order valence-corrected chi connectivity index (χ3v) is 2.46. The second-order valence-electron chi connectivity index (χ2n) is 3.93. The van der Waals surface area contributed by atoms with Crippen LogP contribution >= 0.6 is 0 Å². The molecular formula is C13H16O2. The number of benzene rings is 1. The molecule has 1 saturated carbocycles. The minimum absolute atomic E-state index is 0.400. The molecule has 1 unspecified atom stereocenters. The first-order valence-corrected chi connectivity index (χ1v) is 5.35. The first kappa shape index (κ1) is 10.2. The van der Waals surface area contributed by atoms with Gasteiger partial charge < -0.3 is 9.84 Å². The molecule has 2 heteroatoms. The molecular weight excluding hydrogens is 188 g/mol. The second kappa shape index (κ2) is 4.49. The molecule has 1 atom stereocenters. The maximum atomic E-state index is 9.77. The van der Waals surface area contributed by atoms with Crippen molar-refractivity contribution in [1.82, 2.24) is 0 Å². The summed E-state index contributed by atoms with van der Waals surface area (Å²) in [7, 11) is 0. The SMILES string of the molecule is C=CCC(O)c1cccc(OC2CC2)c1.